The van der Waals surface area contributed by atoms with Crippen molar-refractivity contribution < 1.29 is 9.23 Å². The Labute approximate surface area is 77.7 Å². The number of rotatable bonds is 4. The predicted molar refractivity (Wildman–Crippen MR) is 49.6 cm³/mol. The third kappa shape index (κ3) is 3.13. The summed E-state index contributed by atoms with van der Waals surface area (Å²) in [6, 6.07) is 6.48. The van der Waals surface area contributed by atoms with E-state index in [1.165, 1.54) is 12.1 Å². The van der Waals surface area contributed by atoms with Gasteiger partial charge in [0, 0.05) is 0 Å². The van der Waals surface area contributed by atoms with Crippen LogP contribution in [0.1, 0.15) is 25.5 Å². The molecule has 0 heterocycles. The van der Waals surface area contributed by atoms with Gasteiger partial charge >= 0.3 is 0 Å². The third-order valence-electron chi connectivity index (χ3n) is 1.75. The van der Waals surface area contributed by atoms with Crippen molar-refractivity contribution in [3.05, 3.63) is 35.6 Å². The third-order valence-corrected chi connectivity index (χ3v) is 1.75. The molecule has 1 rings (SSSR count). The molecule has 1 atom stereocenters. The van der Waals surface area contributed by atoms with Crippen LogP contribution in [0.4, 0.5) is 4.39 Å². The average molecular weight is 183 g/mol. The van der Waals surface area contributed by atoms with E-state index in [0.717, 1.165) is 5.56 Å². The van der Waals surface area contributed by atoms with Crippen LogP contribution in [0.25, 0.3) is 0 Å². The summed E-state index contributed by atoms with van der Waals surface area (Å²) in [4.78, 5) is 5.02. The fourth-order valence-electron chi connectivity index (χ4n) is 1.05. The minimum atomic E-state index is -0.220. The van der Waals surface area contributed by atoms with Crippen molar-refractivity contribution >= 4 is 0 Å². The van der Waals surface area contributed by atoms with Crippen LogP contribution in [0.2, 0.25) is 0 Å². The van der Waals surface area contributed by atoms with Crippen molar-refractivity contribution in [1.82, 2.24) is 5.48 Å². The van der Waals surface area contributed by atoms with E-state index < -0.39 is 0 Å². The molecule has 0 bridgehead atoms. The molecule has 72 valence electrons. The van der Waals surface area contributed by atoms with Crippen LogP contribution in [-0.2, 0) is 4.84 Å². The Hall–Kier alpha value is -0.930. The molecule has 1 N–H and O–H groups in total. The van der Waals surface area contributed by atoms with Crippen molar-refractivity contribution in [3.8, 4) is 0 Å². The summed E-state index contributed by atoms with van der Waals surface area (Å²) in [5.41, 5.74) is 3.69. The van der Waals surface area contributed by atoms with E-state index in [1.54, 1.807) is 6.07 Å². The molecule has 0 aliphatic rings. The van der Waals surface area contributed by atoms with Gasteiger partial charge in [0.2, 0.25) is 0 Å². The molecule has 0 aliphatic carbocycles. The molecule has 13 heavy (non-hydrogen) atoms. The van der Waals surface area contributed by atoms with Gasteiger partial charge in [-0.25, -0.2) is 4.39 Å². The van der Waals surface area contributed by atoms with Gasteiger partial charge in [0.1, 0.15) is 5.82 Å². The normalized spacial score (nSPS) is 12.8. The Bertz CT molecular complexity index is 265. The van der Waals surface area contributed by atoms with E-state index in [2.05, 4.69) is 5.48 Å². The number of benzene rings is 1. The Morgan fingerprint density at radius 1 is 1.54 bits per heavy atom. The molecule has 1 unspecified atom stereocenters. The Morgan fingerprint density at radius 2 is 2.31 bits per heavy atom. The van der Waals surface area contributed by atoms with Gasteiger partial charge in [-0.3, -0.25) is 0 Å². The van der Waals surface area contributed by atoms with E-state index in [9.17, 15) is 4.39 Å². The standard InChI is InChI=1S/C10H14FNO/c1-3-13-12-8(2)9-5-4-6-10(11)7-9/h4-8,12H,3H2,1-2H3. The minimum absolute atomic E-state index is 0.00986. The number of hydrogen-bond acceptors (Lipinski definition) is 2. The summed E-state index contributed by atoms with van der Waals surface area (Å²) >= 11 is 0. The first-order valence-corrected chi connectivity index (χ1v) is 4.36. The van der Waals surface area contributed by atoms with Crippen LogP contribution in [0.15, 0.2) is 24.3 Å². The van der Waals surface area contributed by atoms with Crippen LogP contribution in [0, 0.1) is 5.82 Å². The van der Waals surface area contributed by atoms with Gasteiger partial charge in [0.05, 0.1) is 12.6 Å². The zero-order valence-corrected chi connectivity index (χ0v) is 7.88. The Kier molecular flexibility index (Phi) is 3.86. The van der Waals surface area contributed by atoms with Crippen LogP contribution in [0.5, 0.6) is 0 Å². The highest BCUT2D eigenvalue weighted by molar-refractivity contribution is 5.19. The molecule has 0 radical (unpaired) electrons. The van der Waals surface area contributed by atoms with Gasteiger partial charge in [0.25, 0.3) is 0 Å². The lowest BCUT2D eigenvalue weighted by Gasteiger charge is -2.12. The highest BCUT2D eigenvalue weighted by Gasteiger charge is 2.04. The highest BCUT2D eigenvalue weighted by Crippen LogP contribution is 2.12. The maximum atomic E-state index is 12.8. The monoisotopic (exact) mass is 183 g/mol. The molecule has 0 fully saturated rings. The lowest BCUT2D eigenvalue weighted by Crippen LogP contribution is -2.18. The van der Waals surface area contributed by atoms with Crippen molar-refractivity contribution in [2.75, 3.05) is 6.61 Å². The molecular weight excluding hydrogens is 169 g/mol. The van der Waals surface area contributed by atoms with Gasteiger partial charge < -0.3 is 4.84 Å². The fourth-order valence-corrected chi connectivity index (χ4v) is 1.05. The van der Waals surface area contributed by atoms with Crippen LogP contribution >= 0.6 is 0 Å². The molecule has 0 amide bonds. The Balaban J connectivity index is 2.60. The topological polar surface area (TPSA) is 21.3 Å². The van der Waals surface area contributed by atoms with Gasteiger partial charge in [0.15, 0.2) is 0 Å². The molecule has 1 aromatic carbocycles. The average Bonchev–Trinajstić information content (AvgIpc) is 2.14. The van der Waals surface area contributed by atoms with E-state index in [1.807, 2.05) is 19.9 Å². The molecule has 0 spiro atoms. The van der Waals surface area contributed by atoms with Gasteiger partial charge in [-0.2, -0.15) is 5.48 Å². The molecular formula is C10H14FNO. The lowest BCUT2D eigenvalue weighted by atomic mass is 10.1. The van der Waals surface area contributed by atoms with Crippen molar-refractivity contribution in [2.24, 2.45) is 0 Å². The maximum Gasteiger partial charge on any atom is 0.123 e. The van der Waals surface area contributed by atoms with Gasteiger partial charge in [-0.15, -0.1) is 0 Å². The van der Waals surface area contributed by atoms with Crippen LogP contribution in [0.3, 0.4) is 0 Å². The first-order chi connectivity index (χ1) is 6.24. The number of hydroxylamine groups is 1. The molecule has 3 heteroatoms. The predicted octanol–water partition coefficient (Wildman–Crippen LogP) is 2.43. The summed E-state index contributed by atoms with van der Waals surface area (Å²) in [6.07, 6.45) is 0. The lowest BCUT2D eigenvalue weighted by molar-refractivity contribution is 0.0284. The van der Waals surface area contributed by atoms with Crippen molar-refractivity contribution in [3.63, 3.8) is 0 Å². The summed E-state index contributed by atoms with van der Waals surface area (Å²) in [5, 5.41) is 0. The molecule has 1 aromatic rings. The Morgan fingerprint density at radius 3 is 2.92 bits per heavy atom. The zero-order valence-electron chi connectivity index (χ0n) is 7.88. The van der Waals surface area contributed by atoms with E-state index in [0.29, 0.717) is 6.61 Å². The summed E-state index contributed by atoms with van der Waals surface area (Å²) < 4.78 is 12.8. The van der Waals surface area contributed by atoms with E-state index in [-0.39, 0.29) is 11.9 Å². The van der Waals surface area contributed by atoms with Gasteiger partial charge in [-0.1, -0.05) is 12.1 Å². The second-order valence-electron chi connectivity index (χ2n) is 2.83. The largest absolute Gasteiger partial charge is 0.302 e. The quantitative estimate of drug-likeness (QED) is 0.724. The second kappa shape index (κ2) is 4.94. The molecule has 0 saturated heterocycles. The minimum Gasteiger partial charge on any atom is -0.302 e. The molecule has 2 nitrogen and oxygen atoms in total. The van der Waals surface area contributed by atoms with Gasteiger partial charge in [-0.05, 0) is 31.5 Å². The first kappa shape index (κ1) is 10.2. The SMILES string of the molecule is CCONC(C)c1cccc(F)c1. The second-order valence-corrected chi connectivity index (χ2v) is 2.83. The summed E-state index contributed by atoms with van der Waals surface area (Å²) in [7, 11) is 0. The van der Waals surface area contributed by atoms with E-state index in [4.69, 9.17) is 4.84 Å². The van der Waals surface area contributed by atoms with Crippen LogP contribution < -0.4 is 5.48 Å². The zero-order chi connectivity index (χ0) is 9.68. The van der Waals surface area contributed by atoms with Crippen molar-refractivity contribution in [2.45, 2.75) is 19.9 Å². The number of nitrogens with one attached hydrogen (secondary N) is 1. The molecule has 0 aliphatic heterocycles. The number of halogens is 1. The summed E-state index contributed by atoms with van der Waals surface area (Å²) in [6.45, 7) is 4.41. The summed E-state index contributed by atoms with van der Waals surface area (Å²) in [5.74, 6) is -0.220. The van der Waals surface area contributed by atoms with Crippen molar-refractivity contribution in [1.29, 1.82) is 0 Å². The fraction of sp³-hybridized carbons (Fsp3) is 0.400. The smallest absolute Gasteiger partial charge is 0.123 e. The number of hydrogen-bond donors (Lipinski definition) is 1. The molecule has 0 saturated carbocycles. The maximum absolute atomic E-state index is 12.8. The van der Waals surface area contributed by atoms with Crippen LogP contribution in [-0.4, -0.2) is 6.61 Å². The molecule has 0 aromatic heterocycles. The highest BCUT2D eigenvalue weighted by atomic mass is 19.1. The first-order valence-electron chi connectivity index (χ1n) is 4.36. The van der Waals surface area contributed by atoms with E-state index >= 15 is 0 Å².